The van der Waals surface area contributed by atoms with Crippen molar-refractivity contribution in [2.45, 2.75) is 25.0 Å². The van der Waals surface area contributed by atoms with Crippen molar-refractivity contribution in [3.8, 4) is 5.75 Å². The summed E-state index contributed by atoms with van der Waals surface area (Å²) in [7, 11) is 0. The van der Waals surface area contributed by atoms with Crippen LogP contribution >= 0.6 is 0 Å². The minimum Gasteiger partial charge on any atom is -0.490 e. The molecule has 24 heavy (non-hydrogen) atoms. The lowest BCUT2D eigenvalue weighted by Crippen LogP contribution is -2.57. The molecule has 4 nitrogen and oxygen atoms in total. The van der Waals surface area contributed by atoms with Crippen LogP contribution in [0.3, 0.4) is 0 Å². The molecule has 0 amide bonds. The second-order valence-electron chi connectivity index (χ2n) is 7.09. The molecule has 0 aromatic heterocycles. The smallest absolute Gasteiger partial charge is 0.127 e. The molecule has 128 valence electrons. The first kappa shape index (κ1) is 15.9. The third-order valence-corrected chi connectivity index (χ3v) is 5.45. The van der Waals surface area contributed by atoms with Gasteiger partial charge in [-0.05, 0) is 43.3 Å². The molecular formula is C20H26N2O2. The first-order valence-electron chi connectivity index (χ1n) is 9.04. The number of piperidine rings is 3. The highest BCUT2D eigenvalue weighted by Gasteiger charge is 2.33. The zero-order valence-electron chi connectivity index (χ0n) is 14.0. The fraction of sp³-hybridized carbons (Fsp3) is 0.500. The summed E-state index contributed by atoms with van der Waals surface area (Å²) in [6.45, 7) is 4.54. The van der Waals surface area contributed by atoms with E-state index < -0.39 is 6.10 Å². The van der Waals surface area contributed by atoms with Gasteiger partial charge in [-0.25, -0.2) is 0 Å². The van der Waals surface area contributed by atoms with E-state index in [4.69, 9.17) is 4.74 Å². The van der Waals surface area contributed by atoms with Crippen molar-refractivity contribution < 1.29 is 9.84 Å². The summed E-state index contributed by atoms with van der Waals surface area (Å²) in [4.78, 5) is 2.52. The van der Waals surface area contributed by atoms with Gasteiger partial charge in [-0.15, -0.1) is 0 Å². The molecule has 5 rings (SSSR count). The largest absolute Gasteiger partial charge is 0.490 e. The van der Waals surface area contributed by atoms with E-state index in [-0.39, 0.29) is 0 Å². The van der Waals surface area contributed by atoms with Gasteiger partial charge in [0.15, 0.2) is 0 Å². The lowest BCUT2D eigenvalue weighted by molar-refractivity contribution is 0.0553. The Labute approximate surface area is 143 Å². The predicted octanol–water partition coefficient (Wildman–Crippen LogP) is 2.26. The molecule has 2 bridgehead atoms. The molecule has 2 aromatic carbocycles. The predicted molar refractivity (Wildman–Crippen MR) is 96.4 cm³/mol. The molecule has 0 spiro atoms. The molecule has 3 fully saturated rings. The maximum absolute atomic E-state index is 10.3. The van der Waals surface area contributed by atoms with Crippen LogP contribution in [-0.4, -0.2) is 54.9 Å². The molecule has 4 heteroatoms. The van der Waals surface area contributed by atoms with Gasteiger partial charge in [0.05, 0.1) is 0 Å². The maximum atomic E-state index is 10.3. The molecule has 0 aliphatic carbocycles. The van der Waals surface area contributed by atoms with Crippen LogP contribution in [0.2, 0.25) is 0 Å². The average Bonchev–Trinajstić information content (AvgIpc) is 2.65. The Morgan fingerprint density at radius 1 is 1.12 bits per heavy atom. The summed E-state index contributed by atoms with van der Waals surface area (Å²) in [5.74, 6) is 1.62. The molecule has 0 radical (unpaired) electrons. The van der Waals surface area contributed by atoms with E-state index in [0.717, 1.165) is 29.0 Å². The van der Waals surface area contributed by atoms with Crippen molar-refractivity contribution in [3.63, 3.8) is 0 Å². The van der Waals surface area contributed by atoms with Crippen molar-refractivity contribution >= 4 is 10.8 Å². The van der Waals surface area contributed by atoms with E-state index in [1.165, 1.54) is 25.9 Å². The Morgan fingerprint density at radius 2 is 1.92 bits per heavy atom. The lowest BCUT2D eigenvalue weighted by Gasteiger charge is -2.45. The number of nitrogens with zero attached hydrogens (tertiary/aromatic N) is 1. The van der Waals surface area contributed by atoms with Gasteiger partial charge >= 0.3 is 0 Å². The van der Waals surface area contributed by atoms with Crippen LogP contribution in [0.25, 0.3) is 10.8 Å². The number of ether oxygens (including phenoxy) is 1. The van der Waals surface area contributed by atoms with Crippen LogP contribution in [0.1, 0.15) is 12.8 Å². The highest BCUT2D eigenvalue weighted by Crippen LogP contribution is 2.27. The Kier molecular flexibility index (Phi) is 4.69. The van der Waals surface area contributed by atoms with Gasteiger partial charge in [0.2, 0.25) is 0 Å². The Morgan fingerprint density at radius 3 is 2.71 bits per heavy atom. The van der Waals surface area contributed by atoms with Crippen molar-refractivity contribution in [2.24, 2.45) is 5.92 Å². The summed E-state index contributed by atoms with van der Waals surface area (Å²) < 4.78 is 5.88. The molecule has 2 atom stereocenters. The summed E-state index contributed by atoms with van der Waals surface area (Å²) in [5, 5.41) is 16.1. The number of nitrogens with one attached hydrogen (secondary N) is 1. The molecule has 2 aromatic rings. The molecule has 3 aliphatic rings. The van der Waals surface area contributed by atoms with Gasteiger partial charge < -0.3 is 20.1 Å². The summed E-state index contributed by atoms with van der Waals surface area (Å²) in [5.41, 5.74) is 0. The molecule has 2 unspecified atom stereocenters. The number of aliphatic hydroxyl groups excluding tert-OH is 1. The standard InChI is InChI=1S/C20H26N2O2/c23-17(12-21-19-13-22-10-8-16(19)9-11-22)14-24-20-7-3-5-15-4-1-2-6-18(15)20/h1-7,16-17,19,21,23H,8-14H2. The minimum atomic E-state index is -0.487. The van der Waals surface area contributed by atoms with Crippen LogP contribution in [0, 0.1) is 5.92 Å². The summed E-state index contributed by atoms with van der Waals surface area (Å²) >= 11 is 0. The van der Waals surface area contributed by atoms with E-state index >= 15 is 0 Å². The number of aliphatic hydroxyl groups is 1. The van der Waals surface area contributed by atoms with E-state index in [0.29, 0.717) is 19.2 Å². The van der Waals surface area contributed by atoms with E-state index in [1.807, 2.05) is 24.3 Å². The van der Waals surface area contributed by atoms with E-state index in [2.05, 4.69) is 28.4 Å². The van der Waals surface area contributed by atoms with Crippen molar-refractivity contribution in [1.82, 2.24) is 10.2 Å². The Bertz CT molecular complexity index is 677. The number of benzene rings is 2. The maximum Gasteiger partial charge on any atom is 0.127 e. The van der Waals surface area contributed by atoms with Crippen LogP contribution in [0.4, 0.5) is 0 Å². The SMILES string of the molecule is OC(CNC1CN2CCC1CC2)COc1cccc2ccccc12. The molecular weight excluding hydrogens is 300 g/mol. The Hall–Kier alpha value is -1.62. The monoisotopic (exact) mass is 326 g/mol. The average molecular weight is 326 g/mol. The van der Waals surface area contributed by atoms with Gasteiger partial charge in [0.1, 0.15) is 18.5 Å². The number of rotatable bonds is 6. The van der Waals surface area contributed by atoms with Crippen molar-refractivity contribution in [1.29, 1.82) is 0 Å². The molecule has 3 heterocycles. The van der Waals surface area contributed by atoms with E-state index in [9.17, 15) is 5.11 Å². The fourth-order valence-electron chi connectivity index (χ4n) is 4.05. The quantitative estimate of drug-likeness (QED) is 0.855. The second-order valence-corrected chi connectivity index (χ2v) is 7.09. The highest BCUT2D eigenvalue weighted by atomic mass is 16.5. The fourth-order valence-corrected chi connectivity index (χ4v) is 4.05. The third-order valence-electron chi connectivity index (χ3n) is 5.45. The number of fused-ring (bicyclic) bond motifs is 4. The van der Waals surface area contributed by atoms with Gasteiger partial charge in [-0.3, -0.25) is 0 Å². The molecule has 0 saturated carbocycles. The zero-order chi connectivity index (χ0) is 16.4. The van der Waals surface area contributed by atoms with Gasteiger partial charge in [0, 0.05) is 24.5 Å². The van der Waals surface area contributed by atoms with Gasteiger partial charge in [0.25, 0.3) is 0 Å². The second kappa shape index (κ2) is 7.09. The van der Waals surface area contributed by atoms with Crippen molar-refractivity contribution in [3.05, 3.63) is 42.5 Å². The van der Waals surface area contributed by atoms with Crippen LogP contribution < -0.4 is 10.1 Å². The van der Waals surface area contributed by atoms with Crippen molar-refractivity contribution in [2.75, 3.05) is 32.8 Å². The zero-order valence-corrected chi connectivity index (χ0v) is 14.0. The van der Waals surface area contributed by atoms with E-state index in [1.54, 1.807) is 0 Å². The number of hydrogen-bond donors (Lipinski definition) is 2. The molecule has 3 aliphatic heterocycles. The summed E-state index contributed by atoms with van der Waals surface area (Å²) in [6, 6.07) is 14.7. The van der Waals surface area contributed by atoms with Crippen LogP contribution in [-0.2, 0) is 0 Å². The molecule has 2 N–H and O–H groups in total. The highest BCUT2D eigenvalue weighted by molar-refractivity contribution is 5.88. The third kappa shape index (κ3) is 3.41. The van der Waals surface area contributed by atoms with Crippen LogP contribution in [0.15, 0.2) is 42.5 Å². The first-order valence-corrected chi connectivity index (χ1v) is 9.04. The number of hydrogen-bond acceptors (Lipinski definition) is 4. The first-order chi connectivity index (χ1) is 11.8. The summed E-state index contributed by atoms with van der Waals surface area (Å²) in [6.07, 6.45) is 2.10. The van der Waals surface area contributed by atoms with Gasteiger partial charge in [-0.1, -0.05) is 36.4 Å². The normalized spacial score (nSPS) is 27.3. The molecule has 3 saturated heterocycles. The lowest BCUT2D eigenvalue weighted by atomic mass is 9.84. The van der Waals surface area contributed by atoms with Crippen LogP contribution in [0.5, 0.6) is 5.75 Å². The topological polar surface area (TPSA) is 44.7 Å². The minimum absolute atomic E-state index is 0.322. The Balaban J connectivity index is 1.29. The van der Waals surface area contributed by atoms with Gasteiger partial charge in [-0.2, -0.15) is 0 Å².